The van der Waals surface area contributed by atoms with Crippen LogP contribution in [0.1, 0.15) is 0 Å². The summed E-state index contributed by atoms with van der Waals surface area (Å²) in [7, 11) is 0. The molecule has 0 amide bonds. The molecule has 0 spiro atoms. The number of rotatable bonds is 1. The van der Waals surface area contributed by atoms with Crippen molar-refractivity contribution in [3.63, 3.8) is 0 Å². The van der Waals surface area contributed by atoms with E-state index in [1.54, 1.807) is 6.20 Å². The predicted molar refractivity (Wildman–Crippen MR) is 62.8 cm³/mol. The third kappa shape index (κ3) is 1.65. The molecule has 3 aromatic heterocycles. The molecule has 0 aliphatic heterocycles. The average molecular weight is 224 g/mol. The van der Waals surface area contributed by atoms with Gasteiger partial charge in [-0.15, -0.1) is 0 Å². The van der Waals surface area contributed by atoms with E-state index in [9.17, 15) is 0 Å². The lowest BCUT2D eigenvalue weighted by Crippen LogP contribution is -1.99. The normalized spacial score (nSPS) is 10.6. The Morgan fingerprint density at radius 2 is 1.88 bits per heavy atom. The summed E-state index contributed by atoms with van der Waals surface area (Å²) in [4.78, 5) is 20.2. The van der Waals surface area contributed by atoms with E-state index in [2.05, 4.69) is 24.9 Å². The van der Waals surface area contributed by atoms with E-state index in [4.69, 9.17) is 5.73 Å². The summed E-state index contributed by atoms with van der Waals surface area (Å²) in [5.41, 5.74) is 7.17. The van der Waals surface area contributed by atoms with Crippen LogP contribution in [0.15, 0.2) is 37.1 Å². The molecule has 0 aliphatic rings. The van der Waals surface area contributed by atoms with Crippen molar-refractivity contribution in [2.45, 2.75) is 0 Å². The molecule has 0 atom stereocenters. The van der Waals surface area contributed by atoms with Gasteiger partial charge in [0, 0.05) is 11.6 Å². The zero-order valence-electron chi connectivity index (χ0n) is 8.78. The van der Waals surface area contributed by atoms with Crippen molar-refractivity contribution in [1.29, 1.82) is 0 Å². The number of hydrogen-bond donors (Lipinski definition) is 1. The van der Waals surface area contributed by atoms with Crippen LogP contribution in [0.5, 0.6) is 0 Å². The summed E-state index contributed by atoms with van der Waals surface area (Å²) in [6.07, 6.45) is 4.53. The molecule has 17 heavy (non-hydrogen) atoms. The van der Waals surface area contributed by atoms with Gasteiger partial charge in [0.2, 0.25) is 0 Å². The second kappa shape index (κ2) is 3.75. The second-order valence-corrected chi connectivity index (χ2v) is 3.43. The van der Waals surface area contributed by atoms with Crippen LogP contribution in [0.4, 0.5) is 5.82 Å². The summed E-state index contributed by atoms with van der Waals surface area (Å²) in [6.45, 7) is 0. The number of hydrogen-bond acceptors (Lipinski definition) is 6. The zero-order chi connectivity index (χ0) is 11.7. The van der Waals surface area contributed by atoms with E-state index in [1.165, 1.54) is 12.7 Å². The smallest absolute Gasteiger partial charge is 0.166 e. The zero-order valence-corrected chi connectivity index (χ0v) is 8.78. The van der Waals surface area contributed by atoms with Gasteiger partial charge in [0.15, 0.2) is 11.5 Å². The van der Waals surface area contributed by atoms with E-state index in [0.717, 1.165) is 5.39 Å². The Balaban J connectivity index is 2.27. The van der Waals surface area contributed by atoms with Crippen LogP contribution >= 0.6 is 0 Å². The minimum atomic E-state index is 0.363. The Hall–Kier alpha value is -2.63. The van der Waals surface area contributed by atoms with Crippen molar-refractivity contribution in [3.8, 4) is 11.4 Å². The minimum Gasteiger partial charge on any atom is -0.383 e. The first-order valence-corrected chi connectivity index (χ1v) is 4.98. The van der Waals surface area contributed by atoms with Gasteiger partial charge in [-0.05, 0) is 18.2 Å². The van der Waals surface area contributed by atoms with Crippen LogP contribution in [0.3, 0.4) is 0 Å². The first-order valence-electron chi connectivity index (χ1n) is 4.98. The summed E-state index contributed by atoms with van der Waals surface area (Å²) in [5.74, 6) is 0.873. The molecule has 0 aromatic carbocycles. The van der Waals surface area contributed by atoms with E-state index >= 15 is 0 Å². The summed E-state index contributed by atoms with van der Waals surface area (Å²) in [6, 6.07) is 5.64. The quantitative estimate of drug-likeness (QED) is 0.664. The van der Waals surface area contributed by atoms with Gasteiger partial charge in [0.25, 0.3) is 0 Å². The van der Waals surface area contributed by atoms with Gasteiger partial charge in [-0.2, -0.15) is 0 Å². The van der Waals surface area contributed by atoms with Gasteiger partial charge in [0.1, 0.15) is 18.5 Å². The molecular formula is C11H8N6. The number of nitrogen functional groups attached to an aromatic ring is 1. The van der Waals surface area contributed by atoms with Gasteiger partial charge >= 0.3 is 0 Å². The van der Waals surface area contributed by atoms with Crippen molar-refractivity contribution in [1.82, 2.24) is 24.9 Å². The number of aromatic nitrogens is 5. The highest BCUT2D eigenvalue weighted by Crippen LogP contribution is 2.23. The Bertz CT molecular complexity index is 667. The van der Waals surface area contributed by atoms with Gasteiger partial charge in [-0.3, -0.25) is 0 Å². The molecule has 0 fully saturated rings. The molecule has 3 heterocycles. The van der Waals surface area contributed by atoms with Gasteiger partial charge < -0.3 is 5.73 Å². The maximum absolute atomic E-state index is 5.87. The Morgan fingerprint density at radius 1 is 1.06 bits per heavy atom. The average Bonchev–Trinajstić information content (AvgIpc) is 2.39. The molecule has 0 bridgehead atoms. The molecule has 6 heteroatoms. The topological polar surface area (TPSA) is 90.5 Å². The third-order valence-corrected chi connectivity index (χ3v) is 2.35. The molecule has 0 radical (unpaired) electrons. The highest BCUT2D eigenvalue weighted by molar-refractivity contribution is 5.84. The minimum absolute atomic E-state index is 0.363. The number of nitrogens with two attached hydrogens (primary N) is 1. The maximum Gasteiger partial charge on any atom is 0.166 e. The fourth-order valence-electron chi connectivity index (χ4n) is 1.58. The molecular weight excluding hydrogens is 216 g/mol. The van der Waals surface area contributed by atoms with Crippen LogP contribution in [0.25, 0.3) is 22.4 Å². The largest absolute Gasteiger partial charge is 0.383 e. The van der Waals surface area contributed by atoms with E-state index < -0.39 is 0 Å². The Labute approximate surface area is 96.6 Å². The summed E-state index contributed by atoms with van der Waals surface area (Å²) in [5, 5.41) is 0.900. The second-order valence-electron chi connectivity index (χ2n) is 3.43. The Kier molecular flexibility index (Phi) is 2.11. The monoisotopic (exact) mass is 224 g/mol. The van der Waals surface area contributed by atoms with E-state index in [0.29, 0.717) is 22.9 Å². The molecule has 0 saturated heterocycles. The number of nitrogens with zero attached hydrogens (tertiary/aromatic N) is 5. The fourth-order valence-corrected chi connectivity index (χ4v) is 1.58. The molecule has 3 aromatic rings. The number of pyridine rings is 2. The van der Waals surface area contributed by atoms with Gasteiger partial charge in [-0.25, -0.2) is 24.9 Å². The van der Waals surface area contributed by atoms with E-state index in [-0.39, 0.29) is 0 Å². The highest BCUT2D eigenvalue weighted by Gasteiger charge is 2.08. The first kappa shape index (κ1) is 9.59. The lowest BCUT2D eigenvalue weighted by molar-refractivity contribution is 1.05. The standard InChI is InChI=1S/C11H8N6/c12-9-8(11-15-5-13-6-16-11)4-7-2-1-3-14-10(7)17-9/h1-6H,(H2,12,14,17). The van der Waals surface area contributed by atoms with E-state index in [1.807, 2.05) is 18.2 Å². The van der Waals surface area contributed by atoms with Crippen molar-refractivity contribution in [3.05, 3.63) is 37.1 Å². The lowest BCUT2D eigenvalue weighted by atomic mass is 10.2. The fraction of sp³-hybridized carbons (Fsp3) is 0. The van der Waals surface area contributed by atoms with Gasteiger partial charge in [0.05, 0.1) is 5.56 Å². The number of fused-ring (bicyclic) bond motifs is 1. The molecule has 0 unspecified atom stereocenters. The van der Waals surface area contributed by atoms with Crippen LogP contribution < -0.4 is 5.73 Å². The lowest BCUT2D eigenvalue weighted by Gasteiger charge is -2.04. The molecule has 3 rings (SSSR count). The van der Waals surface area contributed by atoms with Crippen molar-refractivity contribution in [2.75, 3.05) is 5.73 Å². The molecule has 6 nitrogen and oxygen atoms in total. The van der Waals surface area contributed by atoms with Crippen LogP contribution in [0, 0.1) is 0 Å². The number of anilines is 1. The molecule has 2 N–H and O–H groups in total. The van der Waals surface area contributed by atoms with Crippen molar-refractivity contribution in [2.24, 2.45) is 0 Å². The van der Waals surface area contributed by atoms with Crippen molar-refractivity contribution < 1.29 is 0 Å². The van der Waals surface area contributed by atoms with Gasteiger partial charge in [-0.1, -0.05) is 0 Å². The summed E-state index contributed by atoms with van der Waals surface area (Å²) >= 11 is 0. The maximum atomic E-state index is 5.87. The van der Waals surface area contributed by atoms with Crippen LogP contribution in [0.2, 0.25) is 0 Å². The van der Waals surface area contributed by atoms with Crippen LogP contribution in [-0.2, 0) is 0 Å². The summed E-state index contributed by atoms with van der Waals surface area (Å²) < 4.78 is 0. The first-order chi connectivity index (χ1) is 8.34. The molecule has 82 valence electrons. The third-order valence-electron chi connectivity index (χ3n) is 2.35. The SMILES string of the molecule is Nc1nc2ncccc2cc1-c1ncncn1. The highest BCUT2D eigenvalue weighted by atomic mass is 15.0. The predicted octanol–water partition coefficient (Wildman–Crippen LogP) is 1.06. The molecule has 0 aliphatic carbocycles. The Morgan fingerprint density at radius 3 is 2.71 bits per heavy atom. The van der Waals surface area contributed by atoms with Crippen molar-refractivity contribution >= 4 is 16.9 Å². The molecule has 0 saturated carbocycles. The van der Waals surface area contributed by atoms with Crippen LogP contribution in [-0.4, -0.2) is 24.9 Å².